The van der Waals surface area contributed by atoms with Crippen molar-refractivity contribution >= 4 is 45.6 Å². The van der Waals surface area contributed by atoms with E-state index in [0.29, 0.717) is 0 Å². The molecule has 2 nitrogen and oxygen atoms in total. The summed E-state index contributed by atoms with van der Waals surface area (Å²) in [5, 5.41) is 6.37. The van der Waals surface area contributed by atoms with Gasteiger partial charge in [0.15, 0.2) is 0 Å². The minimum atomic E-state index is -0.665. The Labute approximate surface area is 194 Å². The van der Waals surface area contributed by atoms with Crippen molar-refractivity contribution in [3.8, 4) is 11.5 Å². The lowest BCUT2D eigenvalue weighted by Gasteiger charge is -2.20. The predicted molar refractivity (Wildman–Crippen MR) is 141 cm³/mol. The van der Waals surface area contributed by atoms with Crippen molar-refractivity contribution < 1.29 is 4.74 Å². The van der Waals surface area contributed by atoms with Crippen molar-refractivity contribution in [1.82, 2.24) is 4.98 Å². The molecular weight excluding hydrogens is 421 g/mol. The zero-order valence-electron chi connectivity index (χ0n) is 18.0. The summed E-state index contributed by atoms with van der Waals surface area (Å²) in [7, 11) is -0.665. The SMILES string of the molecule is c1ccc(P(c2ccccc2)c2cccc(Oc3ccc4c(c3)[nH]c3ccccc34)c2)cc1. The van der Waals surface area contributed by atoms with Gasteiger partial charge in [0.05, 0.1) is 5.52 Å². The molecular formula is C30H22NOP. The third-order valence-corrected chi connectivity index (χ3v) is 8.24. The van der Waals surface area contributed by atoms with Crippen molar-refractivity contribution in [2.75, 3.05) is 0 Å². The van der Waals surface area contributed by atoms with Gasteiger partial charge in [0.1, 0.15) is 11.5 Å². The number of benzene rings is 5. The van der Waals surface area contributed by atoms with E-state index in [2.05, 4.69) is 120 Å². The summed E-state index contributed by atoms with van der Waals surface area (Å²) in [4.78, 5) is 3.50. The number of H-pyrrole nitrogens is 1. The van der Waals surface area contributed by atoms with E-state index in [1.165, 1.54) is 26.7 Å². The van der Waals surface area contributed by atoms with Gasteiger partial charge in [0, 0.05) is 22.4 Å². The number of ether oxygens (including phenoxy) is 1. The monoisotopic (exact) mass is 443 g/mol. The maximum Gasteiger partial charge on any atom is 0.129 e. The van der Waals surface area contributed by atoms with Crippen LogP contribution in [0.1, 0.15) is 0 Å². The van der Waals surface area contributed by atoms with E-state index in [9.17, 15) is 0 Å². The van der Waals surface area contributed by atoms with E-state index < -0.39 is 7.92 Å². The molecule has 0 spiro atoms. The van der Waals surface area contributed by atoms with Gasteiger partial charge < -0.3 is 9.72 Å². The Kier molecular flexibility index (Phi) is 5.14. The molecule has 0 saturated carbocycles. The van der Waals surface area contributed by atoms with Crippen molar-refractivity contribution in [2.24, 2.45) is 0 Å². The molecule has 0 aliphatic carbocycles. The molecule has 1 aromatic heterocycles. The summed E-state index contributed by atoms with van der Waals surface area (Å²) < 4.78 is 6.34. The molecule has 0 unspecified atom stereocenters. The number of para-hydroxylation sites is 1. The molecule has 5 aromatic carbocycles. The normalized spacial score (nSPS) is 11.3. The van der Waals surface area contributed by atoms with Crippen molar-refractivity contribution in [3.63, 3.8) is 0 Å². The maximum atomic E-state index is 6.34. The van der Waals surface area contributed by atoms with Gasteiger partial charge in [-0.3, -0.25) is 0 Å². The Balaban J connectivity index is 1.37. The molecule has 0 aliphatic heterocycles. The van der Waals surface area contributed by atoms with E-state index in [1.807, 2.05) is 12.1 Å². The van der Waals surface area contributed by atoms with E-state index in [0.717, 1.165) is 22.5 Å². The Morgan fingerprint density at radius 1 is 0.455 bits per heavy atom. The molecule has 0 aliphatic rings. The Morgan fingerprint density at radius 3 is 1.82 bits per heavy atom. The van der Waals surface area contributed by atoms with Gasteiger partial charge in [-0.15, -0.1) is 0 Å². The number of nitrogens with one attached hydrogen (secondary N) is 1. The highest BCUT2D eigenvalue weighted by molar-refractivity contribution is 7.79. The quantitative estimate of drug-likeness (QED) is 0.289. The molecule has 0 radical (unpaired) electrons. The fraction of sp³-hybridized carbons (Fsp3) is 0. The largest absolute Gasteiger partial charge is 0.457 e. The third kappa shape index (κ3) is 3.91. The van der Waals surface area contributed by atoms with Crippen LogP contribution in [-0.4, -0.2) is 4.98 Å². The van der Waals surface area contributed by atoms with Crippen LogP contribution in [0, 0.1) is 0 Å². The van der Waals surface area contributed by atoms with Crippen LogP contribution in [0.4, 0.5) is 0 Å². The number of hydrogen-bond donors (Lipinski definition) is 1. The zero-order valence-corrected chi connectivity index (χ0v) is 18.9. The molecule has 1 heterocycles. The molecule has 3 heteroatoms. The van der Waals surface area contributed by atoms with Crippen LogP contribution >= 0.6 is 7.92 Å². The highest BCUT2D eigenvalue weighted by Crippen LogP contribution is 2.35. The molecule has 6 aromatic rings. The lowest BCUT2D eigenvalue weighted by Crippen LogP contribution is -2.20. The molecule has 0 fully saturated rings. The first-order chi connectivity index (χ1) is 16.3. The summed E-state index contributed by atoms with van der Waals surface area (Å²) in [5.74, 6) is 1.68. The van der Waals surface area contributed by atoms with Crippen molar-refractivity contribution in [3.05, 3.63) is 127 Å². The fourth-order valence-electron chi connectivity index (χ4n) is 4.32. The molecule has 158 valence electrons. The van der Waals surface area contributed by atoms with Crippen LogP contribution in [0.25, 0.3) is 21.8 Å². The average molecular weight is 443 g/mol. The zero-order chi connectivity index (χ0) is 22.0. The molecule has 0 amide bonds. The van der Waals surface area contributed by atoms with E-state index in [-0.39, 0.29) is 0 Å². The van der Waals surface area contributed by atoms with Crippen LogP contribution in [0.3, 0.4) is 0 Å². The van der Waals surface area contributed by atoms with Gasteiger partial charge in [-0.1, -0.05) is 91.0 Å². The average Bonchev–Trinajstić information content (AvgIpc) is 3.24. The summed E-state index contributed by atoms with van der Waals surface area (Å²) in [5.41, 5.74) is 2.23. The number of hydrogen-bond acceptors (Lipinski definition) is 1. The van der Waals surface area contributed by atoms with Gasteiger partial charge in [0.25, 0.3) is 0 Å². The van der Waals surface area contributed by atoms with Crippen LogP contribution in [0.15, 0.2) is 127 Å². The lowest BCUT2D eigenvalue weighted by molar-refractivity contribution is 0.484. The van der Waals surface area contributed by atoms with Gasteiger partial charge >= 0.3 is 0 Å². The second-order valence-corrected chi connectivity index (χ2v) is 10.2. The summed E-state index contributed by atoms with van der Waals surface area (Å²) >= 11 is 0. The maximum absolute atomic E-state index is 6.34. The summed E-state index contributed by atoms with van der Waals surface area (Å²) in [6.07, 6.45) is 0. The van der Waals surface area contributed by atoms with E-state index in [4.69, 9.17) is 4.74 Å². The summed E-state index contributed by atoms with van der Waals surface area (Å²) in [6.45, 7) is 0. The van der Waals surface area contributed by atoms with Crippen molar-refractivity contribution in [2.45, 2.75) is 0 Å². The molecule has 0 saturated heterocycles. The Morgan fingerprint density at radius 2 is 1.06 bits per heavy atom. The third-order valence-electron chi connectivity index (χ3n) is 5.82. The first kappa shape index (κ1) is 19.8. The number of aromatic nitrogens is 1. The first-order valence-corrected chi connectivity index (χ1v) is 12.4. The molecule has 0 bridgehead atoms. The van der Waals surface area contributed by atoms with E-state index in [1.54, 1.807) is 0 Å². The fourth-order valence-corrected chi connectivity index (χ4v) is 6.65. The molecule has 1 N–H and O–H groups in total. The lowest BCUT2D eigenvalue weighted by atomic mass is 10.1. The Hall–Kier alpha value is -3.87. The topological polar surface area (TPSA) is 25.0 Å². The molecule has 0 atom stereocenters. The minimum absolute atomic E-state index is 0.665. The van der Waals surface area contributed by atoms with Crippen LogP contribution in [-0.2, 0) is 0 Å². The van der Waals surface area contributed by atoms with Gasteiger partial charge in [0.2, 0.25) is 0 Å². The van der Waals surface area contributed by atoms with Crippen LogP contribution in [0.2, 0.25) is 0 Å². The van der Waals surface area contributed by atoms with Crippen LogP contribution in [0.5, 0.6) is 11.5 Å². The Bertz CT molecular complexity index is 1500. The number of fused-ring (bicyclic) bond motifs is 3. The van der Waals surface area contributed by atoms with Gasteiger partial charge in [-0.2, -0.15) is 0 Å². The van der Waals surface area contributed by atoms with Gasteiger partial charge in [-0.05, 0) is 54.2 Å². The smallest absolute Gasteiger partial charge is 0.129 e. The second-order valence-electron chi connectivity index (χ2n) is 7.98. The second kappa shape index (κ2) is 8.58. The van der Waals surface area contributed by atoms with E-state index >= 15 is 0 Å². The standard InChI is InChI=1S/C30H22NOP/c1-3-11-24(12-4-1)33(25-13-5-2-6-14-25)26-15-9-10-22(20-26)32-23-18-19-28-27-16-7-8-17-29(27)31-30(28)21-23/h1-21,31H. The van der Waals surface area contributed by atoms with Crippen LogP contribution < -0.4 is 20.7 Å². The highest BCUT2D eigenvalue weighted by Gasteiger charge is 2.17. The highest BCUT2D eigenvalue weighted by atomic mass is 31.1. The minimum Gasteiger partial charge on any atom is -0.457 e. The van der Waals surface area contributed by atoms with Gasteiger partial charge in [-0.25, -0.2) is 0 Å². The predicted octanol–water partition coefficient (Wildman–Crippen LogP) is 6.87. The number of aromatic amines is 1. The molecule has 33 heavy (non-hydrogen) atoms. The first-order valence-electron chi connectivity index (χ1n) is 11.0. The molecule has 6 rings (SSSR count). The summed E-state index contributed by atoms with van der Waals surface area (Å²) in [6, 6.07) is 44.6. The van der Waals surface area contributed by atoms with Crippen molar-refractivity contribution in [1.29, 1.82) is 0 Å². The number of rotatable bonds is 5.